The van der Waals surface area contributed by atoms with Gasteiger partial charge in [-0.3, -0.25) is 9.59 Å². The lowest BCUT2D eigenvalue weighted by atomic mass is 10.0. The van der Waals surface area contributed by atoms with Crippen LogP contribution < -0.4 is 0 Å². The van der Waals surface area contributed by atoms with Gasteiger partial charge in [0.05, 0.1) is 6.42 Å². The lowest BCUT2D eigenvalue weighted by Crippen LogP contribution is -2.36. The van der Waals surface area contributed by atoms with E-state index in [0.29, 0.717) is 5.56 Å². The van der Waals surface area contributed by atoms with E-state index in [9.17, 15) is 14.0 Å². The van der Waals surface area contributed by atoms with Crippen molar-refractivity contribution in [3.05, 3.63) is 70.5 Å². The zero-order valence-electron chi connectivity index (χ0n) is 13.8. The van der Waals surface area contributed by atoms with Crippen LogP contribution in [0.3, 0.4) is 0 Å². The van der Waals surface area contributed by atoms with Gasteiger partial charge in [0.1, 0.15) is 12.4 Å². The van der Waals surface area contributed by atoms with Crippen molar-refractivity contribution >= 4 is 11.9 Å². The molecule has 0 saturated heterocycles. The van der Waals surface area contributed by atoms with Gasteiger partial charge in [-0.25, -0.2) is 4.39 Å². The molecule has 0 unspecified atom stereocenters. The van der Waals surface area contributed by atoms with Gasteiger partial charge < -0.3 is 10.0 Å². The summed E-state index contributed by atoms with van der Waals surface area (Å²) >= 11 is 0. The molecule has 126 valence electrons. The highest BCUT2D eigenvalue weighted by atomic mass is 19.1. The van der Waals surface area contributed by atoms with Gasteiger partial charge >= 0.3 is 5.97 Å². The van der Waals surface area contributed by atoms with Crippen LogP contribution in [-0.2, 0) is 22.6 Å². The monoisotopic (exact) mass is 329 g/mol. The second-order valence-corrected chi connectivity index (χ2v) is 5.88. The van der Waals surface area contributed by atoms with Crippen LogP contribution in [0.4, 0.5) is 4.39 Å². The topological polar surface area (TPSA) is 57.6 Å². The Morgan fingerprint density at radius 1 is 1.08 bits per heavy atom. The third kappa shape index (κ3) is 4.91. The molecule has 0 radical (unpaired) electrons. The molecule has 0 bridgehead atoms. The van der Waals surface area contributed by atoms with Crippen LogP contribution >= 0.6 is 0 Å². The molecule has 0 aliphatic rings. The Kier molecular flexibility index (Phi) is 5.68. The number of aryl methyl sites for hydroxylation is 2. The zero-order chi connectivity index (χ0) is 17.7. The third-order valence-electron chi connectivity index (χ3n) is 3.81. The Hall–Kier alpha value is -2.69. The van der Waals surface area contributed by atoms with Gasteiger partial charge in [0.15, 0.2) is 0 Å². The van der Waals surface area contributed by atoms with Crippen LogP contribution in [0.15, 0.2) is 42.5 Å². The highest BCUT2D eigenvalue weighted by Gasteiger charge is 2.18. The molecule has 0 aromatic heterocycles. The van der Waals surface area contributed by atoms with Crippen LogP contribution in [0.5, 0.6) is 0 Å². The predicted octanol–water partition coefficient (Wildman–Crippen LogP) is 3.10. The summed E-state index contributed by atoms with van der Waals surface area (Å²) in [6, 6.07) is 11.5. The van der Waals surface area contributed by atoms with Gasteiger partial charge in [-0.15, -0.1) is 0 Å². The normalized spacial score (nSPS) is 10.5. The SMILES string of the molecule is Cc1ccc(C)c(CC(=O)N(CC(=O)O)Cc2ccc(F)cc2)c1. The fourth-order valence-corrected chi connectivity index (χ4v) is 2.47. The Labute approximate surface area is 140 Å². The summed E-state index contributed by atoms with van der Waals surface area (Å²) in [6.45, 7) is 3.61. The molecule has 1 N–H and O–H groups in total. The van der Waals surface area contributed by atoms with Crippen molar-refractivity contribution in [2.24, 2.45) is 0 Å². The molecule has 0 aliphatic carbocycles. The van der Waals surface area contributed by atoms with E-state index < -0.39 is 5.97 Å². The molecule has 2 rings (SSSR count). The Balaban J connectivity index is 2.16. The van der Waals surface area contributed by atoms with E-state index in [1.54, 1.807) is 12.1 Å². The highest BCUT2D eigenvalue weighted by Crippen LogP contribution is 2.14. The average Bonchev–Trinajstić information content (AvgIpc) is 2.52. The first kappa shape index (κ1) is 17.7. The molecule has 0 spiro atoms. The number of halogens is 1. The second kappa shape index (κ2) is 7.73. The van der Waals surface area contributed by atoms with Crippen molar-refractivity contribution in [2.75, 3.05) is 6.54 Å². The van der Waals surface area contributed by atoms with E-state index in [0.717, 1.165) is 16.7 Å². The quantitative estimate of drug-likeness (QED) is 0.886. The van der Waals surface area contributed by atoms with Crippen molar-refractivity contribution in [2.45, 2.75) is 26.8 Å². The molecule has 4 nitrogen and oxygen atoms in total. The number of amides is 1. The first-order valence-electron chi connectivity index (χ1n) is 7.65. The number of nitrogens with zero attached hydrogens (tertiary/aromatic N) is 1. The number of rotatable bonds is 6. The van der Waals surface area contributed by atoms with Crippen LogP contribution in [-0.4, -0.2) is 28.4 Å². The summed E-state index contributed by atoms with van der Waals surface area (Å²) in [5.74, 6) is -1.72. The molecular formula is C19H20FNO3. The first-order chi connectivity index (χ1) is 11.3. The van der Waals surface area contributed by atoms with Gasteiger partial charge in [-0.2, -0.15) is 0 Å². The van der Waals surface area contributed by atoms with Crippen molar-refractivity contribution in [3.63, 3.8) is 0 Å². The van der Waals surface area contributed by atoms with E-state index in [-0.39, 0.29) is 31.2 Å². The summed E-state index contributed by atoms with van der Waals surface area (Å²) in [5.41, 5.74) is 3.61. The average molecular weight is 329 g/mol. The fourth-order valence-electron chi connectivity index (χ4n) is 2.47. The number of carboxylic acids is 1. The minimum Gasteiger partial charge on any atom is -0.480 e. The molecule has 0 fully saturated rings. The molecule has 1 amide bonds. The summed E-state index contributed by atoms with van der Waals surface area (Å²) in [4.78, 5) is 24.9. The molecule has 5 heteroatoms. The van der Waals surface area contributed by atoms with E-state index in [1.807, 2.05) is 32.0 Å². The third-order valence-corrected chi connectivity index (χ3v) is 3.81. The summed E-state index contributed by atoms with van der Waals surface area (Å²) in [7, 11) is 0. The molecule has 2 aromatic carbocycles. The van der Waals surface area contributed by atoms with Crippen molar-refractivity contribution in [1.82, 2.24) is 4.90 Å². The zero-order valence-corrected chi connectivity index (χ0v) is 13.8. The van der Waals surface area contributed by atoms with Crippen molar-refractivity contribution < 1.29 is 19.1 Å². The largest absolute Gasteiger partial charge is 0.480 e. The van der Waals surface area contributed by atoms with Crippen molar-refractivity contribution in [3.8, 4) is 0 Å². The standard InChI is InChI=1S/C19H20FNO3/c1-13-3-4-14(2)16(9-13)10-18(22)21(12-19(23)24)11-15-5-7-17(20)8-6-15/h3-9H,10-12H2,1-2H3,(H,23,24). The van der Waals surface area contributed by atoms with Crippen LogP contribution in [0, 0.1) is 19.7 Å². The van der Waals surface area contributed by atoms with Gasteiger partial charge in [0, 0.05) is 6.54 Å². The first-order valence-corrected chi connectivity index (χ1v) is 7.65. The van der Waals surface area contributed by atoms with Crippen molar-refractivity contribution in [1.29, 1.82) is 0 Å². The number of hydrogen-bond donors (Lipinski definition) is 1. The number of carbonyl (C=O) groups excluding carboxylic acids is 1. The van der Waals surface area contributed by atoms with Gasteiger partial charge in [-0.05, 0) is 42.7 Å². The smallest absolute Gasteiger partial charge is 0.323 e. The van der Waals surface area contributed by atoms with E-state index >= 15 is 0 Å². The molecule has 0 atom stereocenters. The predicted molar refractivity (Wildman–Crippen MR) is 89.1 cm³/mol. The Morgan fingerprint density at radius 3 is 2.38 bits per heavy atom. The minimum atomic E-state index is -1.08. The molecule has 24 heavy (non-hydrogen) atoms. The summed E-state index contributed by atoms with van der Waals surface area (Å²) in [6.07, 6.45) is 0.141. The summed E-state index contributed by atoms with van der Waals surface area (Å²) < 4.78 is 13.0. The number of carboxylic acid groups (broad SMARTS) is 1. The van der Waals surface area contributed by atoms with Gasteiger partial charge in [-0.1, -0.05) is 35.9 Å². The number of hydrogen-bond acceptors (Lipinski definition) is 2. The summed E-state index contributed by atoms with van der Waals surface area (Å²) in [5, 5.41) is 9.07. The maximum absolute atomic E-state index is 13.0. The maximum atomic E-state index is 13.0. The van der Waals surface area contributed by atoms with Crippen LogP contribution in [0.2, 0.25) is 0 Å². The Bertz CT molecular complexity index is 741. The number of benzene rings is 2. The maximum Gasteiger partial charge on any atom is 0.323 e. The van der Waals surface area contributed by atoms with Gasteiger partial charge in [0.25, 0.3) is 0 Å². The molecule has 0 aliphatic heterocycles. The molecule has 0 heterocycles. The fraction of sp³-hybridized carbons (Fsp3) is 0.263. The van der Waals surface area contributed by atoms with Gasteiger partial charge in [0.2, 0.25) is 5.91 Å². The second-order valence-electron chi connectivity index (χ2n) is 5.88. The lowest BCUT2D eigenvalue weighted by Gasteiger charge is -2.21. The highest BCUT2D eigenvalue weighted by molar-refractivity contribution is 5.83. The Morgan fingerprint density at radius 2 is 1.75 bits per heavy atom. The van der Waals surface area contributed by atoms with Crippen LogP contribution in [0.1, 0.15) is 22.3 Å². The molecule has 0 saturated carbocycles. The van der Waals surface area contributed by atoms with E-state index in [4.69, 9.17) is 5.11 Å². The van der Waals surface area contributed by atoms with E-state index in [2.05, 4.69) is 0 Å². The minimum absolute atomic E-state index is 0.135. The number of carbonyl (C=O) groups is 2. The lowest BCUT2D eigenvalue weighted by molar-refractivity contribution is -0.144. The number of aliphatic carboxylic acids is 1. The molecular weight excluding hydrogens is 309 g/mol. The van der Waals surface area contributed by atoms with Crippen LogP contribution in [0.25, 0.3) is 0 Å². The molecule has 2 aromatic rings. The van der Waals surface area contributed by atoms with E-state index in [1.165, 1.54) is 17.0 Å².